The lowest BCUT2D eigenvalue weighted by Crippen LogP contribution is -2.48. The average molecular weight is 212 g/mol. The molecule has 0 saturated carbocycles. The van der Waals surface area contributed by atoms with Gasteiger partial charge in [0.2, 0.25) is 0 Å². The van der Waals surface area contributed by atoms with Crippen molar-refractivity contribution in [3.05, 3.63) is 0 Å². The zero-order valence-corrected chi connectivity index (χ0v) is 11.4. The molecule has 2 nitrogen and oxygen atoms in total. The van der Waals surface area contributed by atoms with E-state index in [-0.39, 0.29) is 0 Å². The van der Waals surface area contributed by atoms with E-state index in [1.807, 2.05) is 0 Å². The second-order valence-electron chi connectivity index (χ2n) is 6.30. The Morgan fingerprint density at radius 3 is 2.20 bits per heavy atom. The highest BCUT2D eigenvalue weighted by molar-refractivity contribution is 4.87. The van der Waals surface area contributed by atoms with Crippen molar-refractivity contribution < 1.29 is 0 Å². The zero-order valence-electron chi connectivity index (χ0n) is 11.4. The number of rotatable bonds is 1. The van der Waals surface area contributed by atoms with E-state index in [9.17, 15) is 0 Å². The molecule has 0 radical (unpaired) electrons. The third kappa shape index (κ3) is 3.46. The van der Waals surface area contributed by atoms with Crippen LogP contribution in [0.4, 0.5) is 0 Å². The first-order chi connectivity index (χ1) is 6.82. The van der Waals surface area contributed by atoms with E-state index in [0.29, 0.717) is 17.5 Å². The molecule has 15 heavy (non-hydrogen) atoms. The largest absolute Gasteiger partial charge is 0.302 e. The van der Waals surface area contributed by atoms with Crippen molar-refractivity contribution in [2.45, 2.75) is 53.1 Å². The van der Waals surface area contributed by atoms with Crippen LogP contribution in [0.5, 0.6) is 0 Å². The maximum Gasteiger partial charge on any atom is 0.0268 e. The van der Waals surface area contributed by atoms with Crippen molar-refractivity contribution >= 4 is 0 Å². The lowest BCUT2D eigenvalue weighted by molar-refractivity contribution is 0.0982. The molecular weight excluding hydrogens is 184 g/mol. The van der Waals surface area contributed by atoms with Crippen LogP contribution in [-0.2, 0) is 0 Å². The fraction of sp³-hybridized carbons (Fsp3) is 1.00. The van der Waals surface area contributed by atoms with Crippen LogP contribution in [0, 0.1) is 5.41 Å². The van der Waals surface area contributed by atoms with Gasteiger partial charge in [-0.15, -0.1) is 0 Å². The van der Waals surface area contributed by atoms with Crippen LogP contribution in [0.15, 0.2) is 0 Å². The average Bonchev–Trinajstić information content (AvgIpc) is 2.25. The van der Waals surface area contributed by atoms with E-state index in [1.54, 1.807) is 0 Å². The molecule has 0 aromatic carbocycles. The number of likely N-dealkylation sites (N-methyl/N-ethyl adjacent to an activating group) is 1. The molecule has 1 fully saturated rings. The standard InChI is InChI=1S/C13H28N2/c1-11(2)15-9-7-8-14(6)12(10-15)13(3,4)5/h11-12H,7-10H2,1-6H3/t12-/m1/s1. The molecule has 0 spiro atoms. The molecule has 2 heteroatoms. The van der Waals surface area contributed by atoms with E-state index in [4.69, 9.17) is 0 Å². The molecule has 1 saturated heterocycles. The van der Waals surface area contributed by atoms with Crippen LogP contribution in [0.25, 0.3) is 0 Å². The molecular formula is C13H28N2. The molecule has 1 aliphatic rings. The van der Waals surface area contributed by atoms with Crippen molar-refractivity contribution in [1.82, 2.24) is 9.80 Å². The topological polar surface area (TPSA) is 6.48 Å². The van der Waals surface area contributed by atoms with Crippen molar-refractivity contribution in [1.29, 1.82) is 0 Å². The fourth-order valence-electron chi connectivity index (χ4n) is 2.54. The number of hydrogen-bond acceptors (Lipinski definition) is 2. The molecule has 0 bridgehead atoms. The summed E-state index contributed by atoms with van der Waals surface area (Å²) in [5.41, 5.74) is 0.381. The Morgan fingerprint density at radius 2 is 1.73 bits per heavy atom. The molecule has 0 amide bonds. The smallest absolute Gasteiger partial charge is 0.0268 e. The Balaban J connectivity index is 2.74. The van der Waals surface area contributed by atoms with Crippen molar-refractivity contribution in [3.8, 4) is 0 Å². The molecule has 1 aliphatic heterocycles. The van der Waals surface area contributed by atoms with Crippen molar-refractivity contribution in [2.24, 2.45) is 5.41 Å². The minimum atomic E-state index is 0.381. The Hall–Kier alpha value is -0.0800. The van der Waals surface area contributed by atoms with E-state index in [1.165, 1.54) is 26.1 Å². The summed E-state index contributed by atoms with van der Waals surface area (Å²) in [7, 11) is 2.28. The molecule has 0 aromatic heterocycles. The molecule has 1 atom stereocenters. The third-order valence-corrected chi connectivity index (χ3v) is 3.63. The lowest BCUT2D eigenvalue weighted by atomic mass is 9.85. The van der Waals surface area contributed by atoms with Gasteiger partial charge in [0.05, 0.1) is 0 Å². The molecule has 0 unspecified atom stereocenters. The Bertz CT molecular complexity index is 193. The van der Waals surface area contributed by atoms with E-state index >= 15 is 0 Å². The van der Waals surface area contributed by atoms with Crippen LogP contribution in [-0.4, -0.2) is 48.6 Å². The Labute approximate surface area is 95.6 Å². The van der Waals surface area contributed by atoms with Gasteiger partial charge in [0.25, 0.3) is 0 Å². The summed E-state index contributed by atoms with van der Waals surface area (Å²) in [5.74, 6) is 0. The first-order valence-corrected chi connectivity index (χ1v) is 6.26. The summed E-state index contributed by atoms with van der Waals surface area (Å²) in [6.07, 6.45) is 1.31. The highest BCUT2D eigenvalue weighted by atomic mass is 15.2. The van der Waals surface area contributed by atoms with Crippen LogP contribution < -0.4 is 0 Å². The summed E-state index contributed by atoms with van der Waals surface area (Å²) in [5, 5.41) is 0. The van der Waals surface area contributed by atoms with Crippen LogP contribution in [0.2, 0.25) is 0 Å². The normalized spacial score (nSPS) is 27.0. The predicted molar refractivity (Wildman–Crippen MR) is 67.2 cm³/mol. The fourth-order valence-corrected chi connectivity index (χ4v) is 2.54. The summed E-state index contributed by atoms with van der Waals surface area (Å²) in [6, 6.07) is 1.36. The predicted octanol–water partition coefficient (Wildman–Crippen LogP) is 2.45. The maximum absolute atomic E-state index is 2.62. The molecule has 1 heterocycles. The van der Waals surface area contributed by atoms with Gasteiger partial charge in [-0.1, -0.05) is 20.8 Å². The van der Waals surface area contributed by atoms with Gasteiger partial charge in [-0.3, -0.25) is 4.90 Å². The first kappa shape index (κ1) is 13.0. The van der Waals surface area contributed by atoms with Gasteiger partial charge in [-0.25, -0.2) is 0 Å². The SMILES string of the molecule is CC(C)N1CCCN(C)[C@@H](C(C)(C)C)C1. The summed E-state index contributed by atoms with van der Waals surface area (Å²) in [6.45, 7) is 15.4. The van der Waals surface area contributed by atoms with Gasteiger partial charge in [0.15, 0.2) is 0 Å². The molecule has 0 N–H and O–H groups in total. The minimum Gasteiger partial charge on any atom is -0.302 e. The van der Waals surface area contributed by atoms with Crippen LogP contribution in [0.1, 0.15) is 41.0 Å². The second-order valence-corrected chi connectivity index (χ2v) is 6.30. The van der Waals surface area contributed by atoms with E-state index in [2.05, 4.69) is 51.5 Å². The maximum atomic E-state index is 2.62. The van der Waals surface area contributed by atoms with Gasteiger partial charge >= 0.3 is 0 Å². The van der Waals surface area contributed by atoms with Gasteiger partial charge in [-0.05, 0) is 45.8 Å². The third-order valence-electron chi connectivity index (χ3n) is 3.63. The molecule has 0 aromatic rings. The second kappa shape index (κ2) is 4.84. The first-order valence-electron chi connectivity index (χ1n) is 6.26. The summed E-state index contributed by atoms with van der Waals surface area (Å²) >= 11 is 0. The van der Waals surface area contributed by atoms with Gasteiger partial charge in [-0.2, -0.15) is 0 Å². The van der Waals surface area contributed by atoms with Gasteiger partial charge < -0.3 is 4.90 Å². The quantitative estimate of drug-likeness (QED) is 0.659. The Morgan fingerprint density at radius 1 is 1.13 bits per heavy atom. The van der Waals surface area contributed by atoms with E-state index in [0.717, 1.165) is 0 Å². The number of hydrogen-bond donors (Lipinski definition) is 0. The lowest BCUT2D eigenvalue weighted by Gasteiger charge is -2.39. The summed E-state index contributed by atoms with van der Waals surface area (Å²) in [4.78, 5) is 5.17. The highest BCUT2D eigenvalue weighted by Gasteiger charge is 2.32. The minimum absolute atomic E-state index is 0.381. The molecule has 90 valence electrons. The molecule has 0 aliphatic carbocycles. The monoisotopic (exact) mass is 212 g/mol. The van der Waals surface area contributed by atoms with Crippen molar-refractivity contribution in [3.63, 3.8) is 0 Å². The van der Waals surface area contributed by atoms with Crippen LogP contribution in [0.3, 0.4) is 0 Å². The number of nitrogens with zero attached hydrogens (tertiary/aromatic N) is 2. The zero-order chi connectivity index (χ0) is 11.6. The van der Waals surface area contributed by atoms with Crippen LogP contribution >= 0.6 is 0 Å². The van der Waals surface area contributed by atoms with E-state index < -0.39 is 0 Å². The highest BCUT2D eigenvalue weighted by Crippen LogP contribution is 2.26. The summed E-state index contributed by atoms with van der Waals surface area (Å²) < 4.78 is 0. The molecule has 1 rings (SSSR count). The Kier molecular flexibility index (Phi) is 4.19. The van der Waals surface area contributed by atoms with Crippen molar-refractivity contribution in [2.75, 3.05) is 26.7 Å². The van der Waals surface area contributed by atoms with Gasteiger partial charge in [0, 0.05) is 18.6 Å². The van der Waals surface area contributed by atoms with Gasteiger partial charge in [0.1, 0.15) is 0 Å².